The minimum atomic E-state index is 0. The average Bonchev–Trinajstić information content (AvgIpc) is 0.918. The molecule has 30 valence electrons. The molecule has 0 aromatic carbocycles. The molecule has 0 fully saturated rings. The Labute approximate surface area is 62.3 Å². The Kier molecular flexibility index (Phi) is 57.3. The normalized spacial score (nSPS) is 3.80. The van der Waals surface area contributed by atoms with E-state index < -0.39 is 0 Å². The summed E-state index contributed by atoms with van der Waals surface area (Å²) in [5.74, 6) is 0. The van der Waals surface area contributed by atoms with Gasteiger partial charge in [-0.1, -0.05) is 0 Å². The zero-order valence-electron chi connectivity index (χ0n) is 3.04. The van der Waals surface area contributed by atoms with Crippen molar-refractivity contribution in [1.82, 2.24) is 0 Å². The maximum Gasteiger partial charge on any atom is -1.00 e. The van der Waals surface area contributed by atoms with Crippen LogP contribution >= 0.6 is 0 Å². The third-order valence-electron chi connectivity index (χ3n) is 0. The van der Waals surface area contributed by atoms with Gasteiger partial charge < -0.3 is 34.0 Å². The molecule has 0 bridgehead atoms. The molecule has 0 aliphatic carbocycles. The maximum absolute atomic E-state index is 2.58. The molecule has 0 saturated heterocycles. The van der Waals surface area contributed by atoms with Crippen LogP contribution in [0, 0.1) is 0 Å². The quantitative estimate of drug-likeness (QED) is 0.354. The first-order valence-corrected chi connectivity index (χ1v) is 1.93. The van der Waals surface area contributed by atoms with Crippen molar-refractivity contribution >= 4 is 16.3 Å². The van der Waals surface area contributed by atoms with Crippen molar-refractivity contribution < 1.29 is 34.0 Å². The number of hydrogen-bond acceptors (Lipinski definition) is 0. The Balaban J connectivity index is -0.0000000200. The second-order valence-electron chi connectivity index (χ2n) is 0.408. The molecule has 5 heavy (non-hydrogen) atoms. The van der Waals surface area contributed by atoms with E-state index in [1.807, 2.05) is 0 Å². The summed E-state index contributed by atoms with van der Waals surface area (Å²) in [7, 11) is 0. The van der Waals surface area contributed by atoms with Crippen molar-refractivity contribution in [3.05, 3.63) is 0 Å². The van der Waals surface area contributed by atoms with Crippen LogP contribution in [0.4, 0.5) is 0 Å². The van der Waals surface area contributed by atoms with Gasteiger partial charge in [-0.25, -0.2) is 0 Å². The molecule has 0 amide bonds. The summed E-state index contributed by atoms with van der Waals surface area (Å²) in [6.45, 7) is 2.09. The van der Waals surface area contributed by atoms with Gasteiger partial charge in [-0.3, -0.25) is 0 Å². The fourth-order valence-electron chi connectivity index (χ4n) is 0. The van der Waals surface area contributed by atoms with Crippen molar-refractivity contribution in [2.75, 3.05) is 0 Å². The summed E-state index contributed by atoms with van der Waals surface area (Å²) in [5, 5.41) is 1.17. The monoisotopic (exact) mass is 214 g/mol. The fourth-order valence-corrected chi connectivity index (χ4v) is 0. The van der Waals surface area contributed by atoms with Crippen LogP contribution in [-0.2, 0) is 0 Å². The van der Waals surface area contributed by atoms with Crippen molar-refractivity contribution in [3.8, 4) is 0 Å². The number of hydrogen-bond donors (Lipinski definition) is 0. The van der Waals surface area contributed by atoms with E-state index in [-0.39, 0.29) is 34.0 Å². The number of halogens is 2. The van der Waals surface area contributed by atoms with Gasteiger partial charge in [0.2, 0.25) is 0 Å². The van der Waals surface area contributed by atoms with Crippen molar-refractivity contribution in [2.24, 2.45) is 0 Å². The largest absolute Gasteiger partial charge is 1.00 e. The van der Waals surface area contributed by atoms with E-state index in [1.165, 1.54) is 5.28 Å². The number of rotatable bonds is 0. The fraction of sp³-hybridized carbons (Fsp3) is 1.00. The van der Waals surface area contributed by atoms with Gasteiger partial charge in [0.05, 0.1) is 0 Å². The van der Waals surface area contributed by atoms with E-state index >= 15 is 0 Å². The summed E-state index contributed by atoms with van der Waals surface area (Å²) in [6, 6.07) is 0. The summed E-state index contributed by atoms with van der Waals surface area (Å²) in [6.07, 6.45) is 0. The molecule has 0 aliphatic heterocycles. The molecule has 0 radical (unpaired) electrons. The van der Waals surface area contributed by atoms with Crippen LogP contribution in [0.15, 0.2) is 0 Å². The van der Waals surface area contributed by atoms with Gasteiger partial charge in [0.1, 0.15) is 0 Å². The first-order chi connectivity index (χ1) is 1.41. The van der Waals surface area contributed by atoms with E-state index in [0.29, 0.717) is 0 Å². The predicted molar refractivity (Wildman–Crippen MR) is 16.2 cm³/mol. The molecule has 0 aromatic heterocycles. The van der Waals surface area contributed by atoms with Gasteiger partial charge in [0.25, 0.3) is 0 Å². The van der Waals surface area contributed by atoms with Crippen LogP contribution < -0.4 is 34.0 Å². The van der Waals surface area contributed by atoms with Crippen molar-refractivity contribution in [2.45, 2.75) is 12.2 Å². The Morgan fingerprint density at radius 1 is 1.40 bits per heavy atom. The molecule has 3 heteroatoms. The van der Waals surface area contributed by atoms with E-state index in [2.05, 4.69) is 23.2 Å². The summed E-state index contributed by atoms with van der Waals surface area (Å²) in [4.78, 5) is 0. The Morgan fingerprint density at radius 2 is 1.40 bits per heavy atom. The molecule has 0 nitrogen and oxygen atoms in total. The Hall–Kier alpha value is 1.49. The predicted octanol–water partition coefficient (Wildman–Crippen LogP) is -5.40. The van der Waals surface area contributed by atoms with Gasteiger partial charge in [-0.15, -0.1) is 0 Å². The van der Waals surface area contributed by atoms with Gasteiger partial charge in [0, 0.05) is 0 Å². The van der Waals surface area contributed by atoms with Crippen LogP contribution in [0.25, 0.3) is 0 Å². The van der Waals surface area contributed by atoms with Crippen LogP contribution in [-0.4, -0.2) is 16.3 Å². The van der Waals surface area contributed by atoms with E-state index in [9.17, 15) is 0 Å². The summed E-state index contributed by atoms with van der Waals surface area (Å²) < 4.78 is 0. The van der Waals surface area contributed by atoms with Crippen LogP contribution in [0.2, 0.25) is 5.28 Å². The molecule has 0 rings (SSSR count). The molecule has 0 aliphatic rings. The zero-order valence-corrected chi connectivity index (χ0v) is 7.37. The van der Waals surface area contributed by atoms with Gasteiger partial charge >= 0.3 is 28.5 Å². The Bertz CT molecular complexity index is 7.61. The maximum atomic E-state index is 2.58. The molecular weight excluding hydrogens is 211 g/mol. The first-order valence-electron chi connectivity index (χ1n) is 1.12. The Morgan fingerprint density at radius 3 is 1.40 bits per heavy atom. The third kappa shape index (κ3) is 30.1. The minimum Gasteiger partial charge on any atom is -1.00 e. The van der Waals surface area contributed by atoms with Crippen molar-refractivity contribution in [1.29, 1.82) is 0 Å². The van der Waals surface area contributed by atoms with Gasteiger partial charge in [-0.2, -0.15) is 0 Å². The molecule has 0 spiro atoms. The van der Waals surface area contributed by atoms with Gasteiger partial charge in [0.15, 0.2) is 0 Å². The topological polar surface area (TPSA) is 0 Å². The molecular formula is C2H5AlBr2. The van der Waals surface area contributed by atoms with E-state index in [0.717, 1.165) is 0 Å². The molecule has 0 saturated carbocycles. The SMILES string of the molecule is C[CH2][Al+2].[Br-].[Br-]. The van der Waals surface area contributed by atoms with Crippen LogP contribution in [0.5, 0.6) is 0 Å². The first kappa shape index (κ1) is 16.1. The average molecular weight is 216 g/mol. The molecule has 0 aromatic rings. The molecule has 0 atom stereocenters. The molecule has 0 unspecified atom stereocenters. The smallest absolute Gasteiger partial charge is 1.00 e. The van der Waals surface area contributed by atoms with Crippen LogP contribution in [0.1, 0.15) is 6.92 Å². The summed E-state index contributed by atoms with van der Waals surface area (Å²) in [5.41, 5.74) is 0. The summed E-state index contributed by atoms with van der Waals surface area (Å²) >= 11 is 2.58. The molecule has 0 heterocycles. The second-order valence-corrected chi connectivity index (χ2v) is 1.22. The standard InChI is InChI=1S/C2H5.Al.2BrH/c1-2;;;/h1H2,2H3;;2*1H/q;+2;;/p-2. The third-order valence-corrected chi connectivity index (χ3v) is 0. The van der Waals surface area contributed by atoms with Crippen LogP contribution in [0.3, 0.4) is 0 Å². The zero-order chi connectivity index (χ0) is 2.71. The van der Waals surface area contributed by atoms with Crippen molar-refractivity contribution in [3.63, 3.8) is 0 Å². The van der Waals surface area contributed by atoms with Gasteiger partial charge in [-0.05, 0) is 0 Å². The minimum absolute atomic E-state index is 0. The van der Waals surface area contributed by atoms with E-state index in [4.69, 9.17) is 0 Å². The molecule has 0 N–H and O–H groups in total. The van der Waals surface area contributed by atoms with E-state index in [1.54, 1.807) is 0 Å². The second kappa shape index (κ2) is 17.8.